The largest absolute Gasteiger partial charge is 0.481 e. The van der Waals surface area contributed by atoms with Gasteiger partial charge in [0, 0.05) is 0 Å². The molecule has 0 bridgehead atoms. The molecule has 0 radical (unpaired) electrons. The first-order valence-corrected chi connectivity index (χ1v) is 3.36. The molecule has 0 spiro atoms. The molecule has 0 aromatic carbocycles. The molecule has 0 unspecified atom stereocenters. The van der Waals surface area contributed by atoms with Crippen LogP contribution in [-0.4, -0.2) is 56.4 Å². The maximum absolute atomic E-state index is 10.0. The average Bonchev–Trinajstić information content (AvgIpc) is 2.00. The van der Waals surface area contributed by atoms with Crippen LogP contribution >= 0.6 is 0 Å². The lowest BCUT2D eigenvalue weighted by Crippen LogP contribution is -2.40. The minimum atomic E-state index is -1.63. The van der Waals surface area contributed by atoms with Gasteiger partial charge in [-0.1, -0.05) is 0 Å². The second-order valence-electron chi connectivity index (χ2n) is 2.41. The normalized spacial score (nSPS) is 18.3. The number of carboxylic acid groups (broad SMARTS) is 1. The lowest BCUT2D eigenvalue weighted by atomic mass is 10.1. The van der Waals surface area contributed by atoms with Gasteiger partial charge in [0.15, 0.2) is 0 Å². The van der Waals surface area contributed by atoms with Crippen molar-refractivity contribution in [2.45, 2.75) is 24.7 Å². The second kappa shape index (κ2) is 5.04. The van der Waals surface area contributed by atoms with Gasteiger partial charge in [-0.15, -0.1) is 0 Å². The Bertz CT molecular complexity index is 147. The van der Waals surface area contributed by atoms with E-state index < -0.39 is 37.3 Å². The van der Waals surface area contributed by atoms with E-state index >= 15 is 0 Å². The fourth-order valence-corrected chi connectivity index (χ4v) is 0.664. The van der Waals surface area contributed by atoms with E-state index in [0.29, 0.717) is 0 Å². The van der Waals surface area contributed by atoms with Gasteiger partial charge in [-0.25, -0.2) is 0 Å². The lowest BCUT2D eigenvalue weighted by Gasteiger charge is -2.19. The van der Waals surface area contributed by atoms with Gasteiger partial charge in [-0.05, 0) is 0 Å². The van der Waals surface area contributed by atoms with Crippen LogP contribution in [0.4, 0.5) is 0 Å². The quantitative estimate of drug-likeness (QED) is 0.320. The number of aliphatic hydroxyl groups is 4. The molecule has 72 valence electrons. The van der Waals surface area contributed by atoms with Crippen molar-refractivity contribution in [1.82, 2.24) is 0 Å². The Hall–Kier alpha value is -0.690. The van der Waals surface area contributed by atoms with Crippen LogP contribution < -0.4 is 0 Å². The van der Waals surface area contributed by atoms with Crippen molar-refractivity contribution in [3.8, 4) is 0 Å². The molecule has 0 saturated carbocycles. The van der Waals surface area contributed by atoms with E-state index in [1.807, 2.05) is 0 Å². The molecule has 0 aliphatic rings. The topological polar surface area (TPSA) is 118 Å². The number of rotatable bonds is 5. The summed E-state index contributed by atoms with van der Waals surface area (Å²) in [6.45, 7) is -0.724. The highest BCUT2D eigenvalue weighted by molar-refractivity contribution is 5.67. The summed E-state index contributed by atoms with van der Waals surface area (Å²) >= 11 is 0. The molecule has 0 fully saturated rings. The van der Waals surface area contributed by atoms with Gasteiger partial charge in [0.2, 0.25) is 0 Å². The van der Waals surface area contributed by atoms with Gasteiger partial charge in [0.05, 0.1) is 19.1 Å². The van der Waals surface area contributed by atoms with Crippen LogP contribution in [0, 0.1) is 0 Å². The summed E-state index contributed by atoms with van der Waals surface area (Å²) in [6.07, 6.45) is -5.38. The summed E-state index contributed by atoms with van der Waals surface area (Å²) in [4.78, 5) is 10.0. The molecule has 0 aromatic rings. The predicted molar refractivity (Wildman–Crippen MR) is 37.4 cm³/mol. The van der Waals surface area contributed by atoms with Crippen molar-refractivity contribution in [3.05, 3.63) is 0 Å². The Labute approximate surface area is 68.7 Å². The van der Waals surface area contributed by atoms with Crippen molar-refractivity contribution in [2.24, 2.45) is 0 Å². The number of hydrogen-bond donors (Lipinski definition) is 5. The van der Waals surface area contributed by atoms with Crippen molar-refractivity contribution in [2.75, 3.05) is 6.61 Å². The van der Waals surface area contributed by atoms with Crippen LogP contribution in [-0.2, 0) is 4.79 Å². The molecule has 6 heteroatoms. The summed E-state index contributed by atoms with van der Waals surface area (Å²) in [7, 11) is 0. The molecule has 0 saturated heterocycles. The molecule has 0 rings (SSSR count). The minimum Gasteiger partial charge on any atom is -0.481 e. The Morgan fingerprint density at radius 3 is 2.00 bits per heavy atom. The molecule has 12 heavy (non-hydrogen) atoms. The molecule has 0 aromatic heterocycles. The number of aliphatic hydroxyl groups excluding tert-OH is 4. The highest BCUT2D eigenvalue weighted by Crippen LogP contribution is 2.03. The first-order chi connectivity index (χ1) is 5.49. The highest BCUT2D eigenvalue weighted by atomic mass is 16.4. The second-order valence-corrected chi connectivity index (χ2v) is 2.41. The van der Waals surface area contributed by atoms with Gasteiger partial charge in [0.1, 0.15) is 12.2 Å². The van der Waals surface area contributed by atoms with Crippen LogP contribution in [0.2, 0.25) is 0 Å². The van der Waals surface area contributed by atoms with E-state index in [4.69, 9.17) is 25.5 Å². The Morgan fingerprint density at radius 1 is 1.17 bits per heavy atom. The Morgan fingerprint density at radius 2 is 1.67 bits per heavy atom. The molecule has 0 aliphatic heterocycles. The summed E-state index contributed by atoms with van der Waals surface area (Å²) in [5, 5.41) is 43.0. The summed E-state index contributed by atoms with van der Waals surface area (Å²) in [5.41, 5.74) is 0. The predicted octanol–water partition coefficient (Wildman–Crippen LogP) is -2.46. The SMILES string of the molecule is O=C(O)C[C@@H](O)[C@@H](O)[C@H](O)CO. The zero-order chi connectivity index (χ0) is 9.72. The standard InChI is InChI=1S/C6H12O6/c7-2-4(9)6(12)3(8)1-5(10)11/h3-4,6-9,12H,1-2H2,(H,10,11)/t3-,4-,6-/m1/s1. The highest BCUT2D eigenvalue weighted by Gasteiger charge is 2.25. The maximum atomic E-state index is 10.0. The number of aliphatic carboxylic acids is 1. The molecular formula is C6H12O6. The number of carboxylic acids is 1. The third kappa shape index (κ3) is 3.63. The van der Waals surface area contributed by atoms with Crippen LogP contribution in [0.3, 0.4) is 0 Å². The van der Waals surface area contributed by atoms with Crippen LogP contribution in [0.15, 0.2) is 0 Å². The van der Waals surface area contributed by atoms with E-state index in [1.54, 1.807) is 0 Å². The molecule has 0 heterocycles. The third-order valence-electron chi connectivity index (χ3n) is 1.36. The summed E-state index contributed by atoms with van der Waals surface area (Å²) in [5.74, 6) is -1.29. The minimum absolute atomic E-state index is 0.668. The summed E-state index contributed by atoms with van der Waals surface area (Å²) in [6, 6.07) is 0. The van der Waals surface area contributed by atoms with E-state index in [-0.39, 0.29) is 0 Å². The molecule has 3 atom stereocenters. The van der Waals surface area contributed by atoms with Gasteiger partial charge >= 0.3 is 5.97 Å². The maximum Gasteiger partial charge on any atom is 0.306 e. The Kier molecular flexibility index (Phi) is 4.75. The van der Waals surface area contributed by atoms with E-state index in [9.17, 15) is 4.79 Å². The van der Waals surface area contributed by atoms with E-state index in [1.165, 1.54) is 0 Å². The number of hydrogen-bond acceptors (Lipinski definition) is 5. The first-order valence-electron chi connectivity index (χ1n) is 3.36. The monoisotopic (exact) mass is 180 g/mol. The molecular weight excluding hydrogens is 168 g/mol. The Balaban J connectivity index is 3.91. The average molecular weight is 180 g/mol. The van der Waals surface area contributed by atoms with Crippen molar-refractivity contribution in [3.63, 3.8) is 0 Å². The molecule has 0 aliphatic carbocycles. The van der Waals surface area contributed by atoms with Crippen molar-refractivity contribution >= 4 is 5.97 Å². The molecule has 6 nitrogen and oxygen atoms in total. The zero-order valence-electron chi connectivity index (χ0n) is 6.29. The van der Waals surface area contributed by atoms with Crippen LogP contribution in [0.1, 0.15) is 6.42 Å². The van der Waals surface area contributed by atoms with Gasteiger partial charge in [-0.2, -0.15) is 0 Å². The van der Waals surface area contributed by atoms with E-state index in [2.05, 4.69) is 0 Å². The van der Waals surface area contributed by atoms with Crippen molar-refractivity contribution < 1.29 is 30.3 Å². The lowest BCUT2D eigenvalue weighted by molar-refractivity contribution is -0.143. The molecule has 5 N–H and O–H groups in total. The fraction of sp³-hybridized carbons (Fsp3) is 0.833. The van der Waals surface area contributed by atoms with Gasteiger partial charge in [0.25, 0.3) is 0 Å². The summed E-state index contributed by atoms with van der Waals surface area (Å²) < 4.78 is 0. The number of carbonyl (C=O) groups is 1. The third-order valence-corrected chi connectivity index (χ3v) is 1.36. The van der Waals surface area contributed by atoms with Crippen LogP contribution in [0.5, 0.6) is 0 Å². The van der Waals surface area contributed by atoms with Gasteiger partial charge in [-0.3, -0.25) is 4.79 Å². The van der Waals surface area contributed by atoms with E-state index in [0.717, 1.165) is 0 Å². The fourth-order valence-electron chi connectivity index (χ4n) is 0.664. The van der Waals surface area contributed by atoms with Crippen LogP contribution in [0.25, 0.3) is 0 Å². The molecule has 0 amide bonds. The van der Waals surface area contributed by atoms with Crippen molar-refractivity contribution in [1.29, 1.82) is 0 Å². The van der Waals surface area contributed by atoms with Gasteiger partial charge < -0.3 is 25.5 Å². The first kappa shape index (κ1) is 11.3. The zero-order valence-corrected chi connectivity index (χ0v) is 6.29. The smallest absolute Gasteiger partial charge is 0.306 e.